The molecule has 12 heteroatoms. The fraction of sp³-hybridized carbons (Fsp3) is 0.375. The van der Waals surface area contributed by atoms with Crippen LogP contribution in [0.1, 0.15) is 55.9 Å². The molecule has 0 bridgehead atoms. The van der Waals surface area contributed by atoms with Crippen molar-refractivity contribution >= 4 is 28.8 Å². The summed E-state index contributed by atoms with van der Waals surface area (Å²) in [6.07, 6.45) is -0.896. The Morgan fingerprint density at radius 2 is 2.02 bits per heavy atom. The van der Waals surface area contributed by atoms with Crippen molar-refractivity contribution in [1.29, 1.82) is 0 Å². The van der Waals surface area contributed by atoms with Gasteiger partial charge in [-0.25, -0.2) is 13.8 Å². The topological polar surface area (TPSA) is 89.3 Å². The summed E-state index contributed by atoms with van der Waals surface area (Å²) >= 11 is 7.69. The number of pyridine rings is 2. The predicted molar refractivity (Wildman–Crippen MR) is 169 cm³/mol. The number of piperazine rings is 1. The molecule has 0 unspecified atom stereocenters. The Bertz CT molecular complexity index is 1710. The lowest BCUT2D eigenvalue weighted by molar-refractivity contribution is 0.0707. The van der Waals surface area contributed by atoms with Crippen molar-refractivity contribution in [3.8, 4) is 33.3 Å². The summed E-state index contributed by atoms with van der Waals surface area (Å²) in [6, 6.07) is 9.64. The van der Waals surface area contributed by atoms with Crippen molar-refractivity contribution in [2.24, 2.45) is 5.92 Å². The molecule has 1 atom stereocenters. The van der Waals surface area contributed by atoms with Gasteiger partial charge in [0.25, 0.3) is 17.9 Å². The average molecular weight is 642 g/mol. The highest BCUT2D eigenvalue weighted by Gasteiger charge is 2.29. The number of hydrogen-bond acceptors (Lipinski definition) is 7. The van der Waals surface area contributed by atoms with Crippen molar-refractivity contribution in [1.82, 2.24) is 24.8 Å². The van der Waals surface area contributed by atoms with Gasteiger partial charge in [0.05, 0.1) is 29.1 Å². The van der Waals surface area contributed by atoms with E-state index in [0.717, 1.165) is 0 Å². The Balaban J connectivity index is 1.74. The Kier molecular flexibility index (Phi) is 9.77. The zero-order valence-electron chi connectivity index (χ0n) is 24.9. The fourth-order valence-corrected chi connectivity index (χ4v) is 6.28. The number of aromatic nitrogens is 3. The Labute approximate surface area is 263 Å². The Morgan fingerprint density at radius 1 is 1.23 bits per heavy atom. The number of thiazole rings is 1. The summed E-state index contributed by atoms with van der Waals surface area (Å²) in [5.41, 5.74) is 1.96. The molecular formula is C32H34ClF2N5O3S. The van der Waals surface area contributed by atoms with E-state index in [-0.39, 0.29) is 34.7 Å². The van der Waals surface area contributed by atoms with Crippen molar-refractivity contribution < 1.29 is 18.3 Å². The van der Waals surface area contributed by atoms with Crippen LogP contribution in [-0.4, -0.2) is 57.6 Å². The van der Waals surface area contributed by atoms with Gasteiger partial charge in [0.1, 0.15) is 16.5 Å². The number of halogens is 3. The van der Waals surface area contributed by atoms with Gasteiger partial charge in [-0.05, 0) is 62.6 Å². The molecule has 8 nitrogen and oxygen atoms in total. The maximum Gasteiger partial charge on any atom is 0.280 e. The zero-order chi connectivity index (χ0) is 31.5. The highest BCUT2D eigenvalue weighted by atomic mass is 35.5. The van der Waals surface area contributed by atoms with Crippen molar-refractivity contribution in [3.63, 3.8) is 0 Å². The highest BCUT2D eigenvalue weighted by molar-refractivity contribution is 7.13. The van der Waals surface area contributed by atoms with E-state index in [9.17, 15) is 18.4 Å². The third kappa shape index (κ3) is 6.69. The summed E-state index contributed by atoms with van der Waals surface area (Å²) in [5.74, 6) is 0.401. The highest BCUT2D eigenvalue weighted by Crippen LogP contribution is 2.33. The first-order valence-electron chi connectivity index (χ1n) is 14.5. The van der Waals surface area contributed by atoms with Gasteiger partial charge in [-0.2, -0.15) is 0 Å². The maximum absolute atomic E-state index is 14.5. The maximum atomic E-state index is 14.5. The molecule has 0 spiro atoms. The van der Waals surface area contributed by atoms with Crippen LogP contribution in [0.3, 0.4) is 0 Å². The minimum atomic E-state index is -2.68. The number of nitrogens with one attached hydrogen (secondary N) is 1. The third-order valence-corrected chi connectivity index (χ3v) is 8.40. The minimum Gasteiger partial charge on any atom is -0.492 e. The second-order valence-corrected chi connectivity index (χ2v) is 12.4. The minimum absolute atomic E-state index is 0.116. The number of rotatable bonds is 9. The van der Waals surface area contributed by atoms with Crippen LogP contribution in [0.5, 0.6) is 5.75 Å². The molecular weight excluding hydrogens is 608 g/mol. The van der Waals surface area contributed by atoms with Gasteiger partial charge in [0.15, 0.2) is 0 Å². The molecule has 3 aromatic heterocycles. The first-order valence-corrected chi connectivity index (χ1v) is 15.8. The lowest BCUT2D eigenvalue weighted by atomic mass is 9.99. The van der Waals surface area contributed by atoms with Crippen LogP contribution in [0.25, 0.3) is 27.5 Å². The van der Waals surface area contributed by atoms with E-state index >= 15 is 0 Å². The van der Waals surface area contributed by atoms with E-state index in [2.05, 4.69) is 10.3 Å². The first-order chi connectivity index (χ1) is 21.1. The largest absolute Gasteiger partial charge is 0.492 e. The Hall–Kier alpha value is -3.67. The van der Waals surface area contributed by atoms with Crippen molar-refractivity contribution in [2.45, 2.75) is 46.6 Å². The normalized spacial score (nSPS) is 15.3. The number of hydrogen-bond donors (Lipinski definition) is 1. The zero-order valence-corrected chi connectivity index (χ0v) is 26.5. The molecule has 1 saturated heterocycles. The van der Waals surface area contributed by atoms with E-state index in [0.29, 0.717) is 76.6 Å². The molecule has 232 valence electrons. The van der Waals surface area contributed by atoms with Crippen LogP contribution in [0.15, 0.2) is 52.8 Å². The molecule has 0 aliphatic carbocycles. The predicted octanol–water partition coefficient (Wildman–Crippen LogP) is 6.65. The number of amides is 1. The standard InChI is InChI=1S/C32H34ClF2N5O3S/c1-5-43-28-9-7-21(33)13-27(28)40-26(12-18(2)3)22(31(41)39-11-10-36-19(4)16-39)14-23(32(40)42)30-38-25(17-44-30)20-6-8-24(29(34)35)37-15-20/h6-9,13-15,17-19,29,36H,5,10-12,16H2,1-4H3/t19-/m1/s1. The van der Waals surface area contributed by atoms with Crippen molar-refractivity contribution in [2.75, 3.05) is 26.2 Å². The van der Waals surface area contributed by atoms with E-state index in [4.69, 9.17) is 21.3 Å². The van der Waals surface area contributed by atoms with Gasteiger partial charge in [-0.3, -0.25) is 19.1 Å². The van der Waals surface area contributed by atoms with Gasteiger partial charge >= 0.3 is 0 Å². The molecule has 5 rings (SSSR count). The molecule has 4 heterocycles. The van der Waals surface area contributed by atoms with Crippen LogP contribution in [0, 0.1) is 5.92 Å². The quantitative estimate of drug-likeness (QED) is 0.220. The SMILES string of the molecule is CCOc1ccc(Cl)cc1-n1c(CC(C)C)c(C(=O)N2CCN[C@H](C)C2)cc(-c2nc(-c3ccc(C(F)F)nc3)cs2)c1=O. The summed E-state index contributed by atoms with van der Waals surface area (Å²) in [7, 11) is 0. The van der Waals surface area contributed by atoms with Gasteiger partial charge < -0.3 is 15.0 Å². The summed E-state index contributed by atoms with van der Waals surface area (Å²) < 4.78 is 33.6. The molecule has 44 heavy (non-hydrogen) atoms. The van der Waals surface area contributed by atoms with E-state index in [1.165, 1.54) is 29.7 Å². The first kappa shape index (κ1) is 31.7. The summed E-state index contributed by atoms with van der Waals surface area (Å²) in [5, 5.41) is 5.91. The number of benzene rings is 1. The second kappa shape index (κ2) is 13.5. The van der Waals surface area contributed by atoms with E-state index < -0.39 is 6.43 Å². The van der Waals surface area contributed by atoms with Crippen LogP contribution < -0.4 is 15.6 Å². The van der Waals surface area contributed by atoms with Gasteiger partial charge in [0.2, 0.25) is 0 Å². The molecule has 0 radical (unpaired) electrons. The van der Waals surface area contributed by atoms with E-state index in [1.54, 1.807) is 34.2 Å². The number of ether oxygens (including phenoxy) is 1. The Morgan fingerprint density at radius 3 is 2.68 bits per heavy atom. The summed E-state index contributed by atoms with van der Waals surface area (Å²) in [6.45, 7) is 10.0. The monoisotopic (exact) mass is 641 g/mol. The van der Waals surface area contributed by atoms with E-state index in [1.807, 2.05) is 32.6 Å². The number of carbonyl (C=O) groups excluding carboxylic acids is 1. The van der Waals surface area contributed by atoms with Crippen LogP contribution >= 0.6 is 22.9 Å². The van der Waals surface area contributed by atoms with Gasteiger partial charge in [-0.1, -0.05) is 25.4 Å². The van der Waals surface area contributed by atoms with Crippen molar-refractivity contribution in [3.05, 3.63) is 80.3 Å². The number of alkyl halides is 2. The smallest absolute Gasteiger partial charge is 0.280 e. The lowest BCUT2D eigenvalue weighted by Crippen LogP contribution is -2.51. The molecule has 4 aromatic rings. The fourth-order valence-electron chi connectivity index (χ4n) is 5.28. The average Bonchev–Trinajstić information content (AvgIpc) is 3.48. The lowest BCUT2D eigenvalue weighted by Gasteiger charge is -2.33. The molecule has 1 aromatic carbocycles. The molecule has 1 fully saturated rings. The molecule has 1 aliphatic rings. The molecule has 0 saturated carbocycles. The third-order valence-electron chi connectivity index (χ3n) is 7.29. The number of carbonyl (C=O) groups is 1. The summed E-state index contributed by atoms with van der Waals surface area (Å²) in [4.78, 5) is 39.1. The number of nitrogens with zero attached hydrogens (tertiary/aromatic N) is 4. The van der Waals surface area contributed by atoms with Crippen LogP contribution in [-0.2, 0) is 6.42 Å². The molecule has 1 N–H and O–H groups in total. The van der Waals surface area contributed by atoms with Crippen LogP contribution in [0.4, 0.5) is 8.78 Å². The molecule has 1 amide bonds. The van der Waals surface area contributed by atoms with Gasteiger partial charge in [0, 0.05) is 53.5 Å². The van der Waals surface area contributed by atoms with Crippen LogP contribution in [0.2, 0.25) is 5.02 Å². The molecule has 1 aliphatic heterocycles. The second-order valence-electron chi connectivity index (χ2n) is 11.1. The van der Waals surface area contributed by atoms with Gasteiger partial charge in [-0.15, -0.1) is 11.3 Å².